The molecule has 2 heterocycles. The molecule has 3 aliphatic rings. The lowest BCUT2D eigenvalue weighted by atomic mass is 9.65. The number of hydrogen-bond acceptors (Lipinski definition) is 3. The number of rotatable bonds is 1. The van der Waals surface area contributed by atoms with Crippen LogP contribution in [0.4, 0.5) is 4.79 Å². The van der Waals surface area contributed by atoms with Crippen LogP contribution in [0.3, 0.4) is 0 Å². The van der Waals surface area contributed by atoms with Crippen LogP contribution in [0.1, 0.15) is 36.8 Å². The Kier molecular flexibility index (Phi) is 5.20. The van der Waals surface area contributed by atoms with Gasteiger partial charge in [0.25, 0.3) is 0 Å². The van der Waals surface area contributed by atoms with E-state index in [9.17, 15) is 4.79 Å². The van der Waals surface area contributed by atoms with Crippen molar-refractivity contribution in [3.05, 3.63) is 29.3 Å². The fraction of sp³-hybridized carbons (Fsp3) is 0.650. The van der Waals surface area contributed by atoms with E-state index >= 15 is 0 Å². The second-order valence-electron chi connectivity index (χ2n) is 8.79. The molecule has 1 aliphatic carbocycles. The summed E-state index contributed by atoms with van der Waals surface area (Å²) in [4.78, 5) is 13.4. The highest BCUT2D eigenvalue weighted by Crippen LogP contribution is 2.55. The maximum atomic E-state index is 11.9. The molecular weight excluding hydrogens is 443 g/mol. The Balaban J connectivity index is 0.00000196. The van der Waals surface area contributed by atoms with Gasteiger partial charge in [0.2, 0.25) is 0 Å². The predicted octanol–water partition coefficient (Wildman–Crippen LogP) is -0.0798. The van der Waals surface area contributed by atoms with Crippen molar-refractivity contribution in [3.8, 4) is 5.75 Å². The zero-order chi connectivity index (χ0) is 17.8. The summed E-state index contributed by atoms with van der Waals surface area (Å²) in [7, 11) is 8.09. The number of benzene rings is 1. The van der Waals surface area contributed by atoms with E-state index in [0.29, 0.717) is 0 Å². The molecule has 26 heavy (non-hydrogen) atoms. The molecular formula is C20H29IN2O3. The average Bonchev–Trinajstić information content (AvgIpc) is 2.81. The summed E-state index contributed by atoms with van der Waals surface area (Å²) in [5.74, 6) is 1.06. The van der Waals surface area contributed by atoms with E-state index in [2.05, 4.69) is 32.3 Å². The minimum absolute atomic E-state index is 0. The molecule has 0 unspecified atom stereocenters. The van der Waals surface area contributed by atoms with Crippen molar-refractivity contribution in [2.75, 3.05) is 34.7 Å². The van der Waals surface area contributed by atoms with Crippen molar-refractivity contribution in [3.63, 3.8) is 0 Å². The Morgan fingerprint density at radius 3 is 2.81 bits per heavy atom. The van der Waals surface area contributed by atoms with Crippen LogP contribution in [0.5, 0.6) is 5.75 Å². The van der Waals surface area contributed by atoms with Crippen molar-refractivity contribution in [2.45, 2.75) is 49.9 Å². The van der Waals surface area contributed by atoms with E-state index in [4.69, 9.17) is 9.47 Å². The molecule has 1 amide bonds. The Hall–Kier alpha value is -1.02. The minimum Gasteiger partial charge on any atom is -1.00 e. The summed E-state index contributed by atoms with van der Waals surface area (Å²) < 4.78 is 13.1. The molecule has 1 spiro atoms. The standard InChI is InChI=1S/C20H29N2O3.HI/c1-21(2)19(23)24-15-8-9-20-10-11-22(3,4)13-14-6-5-7-16(18(14)20)25-17(20)12-15;/h5-7,15,17H,8-13H2,1-4H3;1H/q+1;/p-1/t15-,17-,20-;/m0./s1. The van der Waals surface area contributed by atoms with E-state index in [1.807, 2.05) is 0 Å². The molecule has 5 nitrogen and oxygen atoms in total. The van der Waals surface area contributed by atoms with Crippen LogP contribution in [0.2, 0.25) is 0 Å². The maximum Gasteiger partial charge on any atom is 0.409 e. The van der Waals surface area contributed by atoms with E-state index in [1.54, 1.807) is 14.1 Å². The first-order valence-electron chi connectivity index (χ1n) is 9.30. The summed E-state index contributed by atoms with van der Waals surface area (Å²) in [6.07, 6.45) is 3.71. The number of nitrogens with zero attached hydrogens (tertiary/aromatic N) is 2. The van der Waals surface area contributed by atoms with Gasteiger partial charge < -0.3 is 42.8 Å². The fourth-order valence-electron chi connectivity index (χ4n) is 4.94. The summed E-state index contributed by atoms with van der Waals surface area (Å²) in [6.45, 7) is 2.20. The minimum atomic E-state index is -0.254. The molecule has 3 atom stereocenters. The highest BCUT2D eigenvalue weighted by Gasteiger charge is 2.55. The number of ether oxygens (including phenoxy) is 2. The first-order chi connectivity index (χ1) is 11.8. The van der Waals surface area contributed by atoms with Crippen LogP contribution in [0.25, 0.3) is 0 Å². The monoisotopic (exact) mass is 472 g/mol. The lowest BCUT2D eigenvalue weighted by Crippen LogP contribution is -3.00. The smallest absolute Gasteiger partial charge is 0.409 e. The van der Waals surface area contributed by atoms with Gasteiger partial charge in [0.1, 0.15) is 24.5 Å². The van der Waals surface area contributed by atoms with Crippen molar-refractivity contribution < 1.29 is 42.7 Å². The molecule has 2 aliphatic heterocycles. The molecule has 1 saturated carbocycles. The number of carbonyl (C=O) groups excluding carboxylic acids is 1. The Morgan fingerprint density at radius 1 is 1.31 bits per heavy atom. The molecule has 0 aromatic heterocycles. The molecule has 4 rings (SSSR count). The highest BCUT2D eigenvalue weighted by molar-refractivity contribution is 5.67. The summed E-state index contributed by atoms with van der Waals surface area (Å²) in [6, 6.07) is 6.51. The van der Waals surface area contributed by atoms with Gasteiger partial charge in [0, 0.05) is 43.5 Å². The predicted molar refractivity (Wildman–Crippen MR) is 95.6 cm³/mol. The summed E-state index contributed by atoms with van der Waals surface area (Å²) >= 11 is 0. The third-order valence-electron chi connectivity index (χ3n) is 6.28. The van der Waals surface area contributed by atoms with Gasteiger partial charge in [-0.1, -0.05) is 12.1 Å². The van der Waals surface area contributed by atoms with E-state index in [0.717, 1.165) is 49.0 Å². The van der Waals surface area contributed by atoms with Crippen LogP contribution in [-0.2, 0) is 16.7 Å². The molecule has 1 aromatic rings. The molecule has 0 saturated heterocycles. The lowest BCUT2D eigenvalue weighted by Gasteiger charge is -2.41. The van der Waals surface area contributed by atoms with Crippen LogP contribution in [0, 0.1) is 0 Å². The van der Waals surface area contributed by atoms with Crippen molar-refractivity contribution in [1.29, 1.82) is 0 Å². The quantitative estimate of drug-likeness (QED) is 0.424. The Labute approximate surface area is 173 Å². The molecule has 0 bridgehead atoms. The van der Waals surface area contributed by atoms with Crippen LogP contribution >= 0.6 is 0 Å². The zero-order valence-electron chi connectivity index (χ0n) is 16.1. The number of amides is 1. The Morgan fingerprint density at radius 2 is 2.08 bits per heavy atom. The number of quaternary nitrogens is 1. The maximum absolute atomic E-state index is 11.9. The van der Waals surface area contributed by atoms with E-state index in [-0.39, 0.29) is 47.7 Å². The fourth-order valence-corrected chi connectivity index (χ4v) is 4.94. The van der Waals surface area contributed by atoms with Crippen LogP contribution in [0.15, 0.2) is 18.2 Å². The largest absolute Gasteiger partial charge is 1.00 e. The summed E-state index contributed by atoms with van der Waals surface area (Å²) in [5.41, 5.74) is 2.98. The molecule has 6 heteroatoms. The van der Waals surface area contributed by atoms with Gasteiger partial charge in [-0.25, -0.2) is 4.79 Å². The normalized spacial score (nSPS) is 30.8. The van der Waals surface area contributed by atoms with Gasteiger partial charge in [0.15, 0.2) is 0 Å². The third-order valence-corrected chi connectivity index (χ3v) is 6.28. The van der Waals surface area contributed by atoms with Gasteiger partial charge in [-0.15, -0.1) is 0 Å². The van der Waals surface area contributed by atoms with Gasteiger partial charge in [-0.2, -0.15) is 0 Å². The first-order valence-corrected chi connectivity index (χ1v) is 9.30. The first kappa shape index (κ1) is 19.7. The Bertz CT molecular complexity index is 706. The highest BCUT2D eigenvalue weighted by atomic mass is 127. The average molecular weight is 472 g/mol. The van der Waals surface area contributed by atoms with Crippen molar-refractivity contribution in [1.82, 2.24) is 4.90 Å². The van der Waals surface area contributed by atoms with Gasteiger partial charge in [-0.3, -0.25) is 0 Å². The molecule has 1 aromatic carbocycles. The molecule has 0 radical (unpaired) electrons. The van der Waals surface area contributed by atoms with E-state index < -0.39 is 0 Å². The van der Waals surface area contributed by atoms with Crippen LogP contribution < -0.4 is 28.7 Å². The number of hydrogen-bond donors (Lipinski definition) is 0. The topological polar surface area (TPSA) is 38.8 Å². The zero-order valence-corrected chi connectivity index (χ0v) is 18.3. The van der Waals surface area contributed by atoms with Gasteiger partial charge in [0.05, 0.1) is 20.6 Å². The van der Waals surface area contributed by atoms with Gasteiger partial charge in [-0.05, 0) is 18.9 Å². The van der Waals surface area contributed by atoms with Gasteiger partial charge >= 0.3 is 6.09 Å². The SMILES string of the molecule is CN(C)C(=O)O[C@H]1CC[C@@]23CC[N+](C)(C)Cc4cccc(c42)O[C@H]3C1.[I-]. The van der Waals surface area contributed by atoms with Crippen molar-refractivity contribution in [2.24, 2.45) is 0 Å². The number of halogens is 1. The number of carbonyl (C=O) groups is 1. The van der Waals surface area contributed by atoms with E-state index in [1.165, 1.54) is 16.0 Å². The third kappa shape index (κ3) is 3.19. The van der Waals surface area contributed by atoms with Crippen LogP contribution in [-0.4, -0.2) is 62.4 Å². The lowest BCUT2D eigenvalue weighted by molar-refractivity contribution is -0.903. The molecule has 0 N–H and O–H groups in total. The van der Waals surface area contributed by atoms with Crippen molar-refractivity contribution >= 4 is 6.09 Å². The molecule has 1 fully saturated rings. The summed E-state index contributed by atoms with van der Waals surface area (Å²) in [5, 5.41) is 0. The second kappa shape index (κ2) is 6.86. The molecule has 144 valence electrons. The second-order valence-corrected chi connectivity index (χ2v) is 8.79.